The Kier molecular flexibility index (Phi) is 4.27. The van der Waals surface area contributed by atoms with Crippen molar-refractivity contribution in [3.05, 3.63) is 46.6 Å². The fourth-order valence-corrected chi connectivity index (χ4v) is 3.34. The van der Waals surface area contributed by atoms with E-state index in [2.05, 4.69) is 52.0 Å². The Bertz CT molecular complexity index is 429. The Balaban J connectivity index is 2.21. The zero-order valence-corrected chi connectivity index (χ0v) is 12.3. The zero-order chi connectivity index (χ0) is 13.1. The lowest BCUT2D eigenvalue weighted by atomic mass is 9.83. The zero-order valence-electron chi connectivity index (χ0n) is 12.3. The first-order valence-electron chi connectivity index (χ1n) is 7.44. The first-order valence-corrected chi connectivity index (χ1v) is 7.44. The quantitative estimate of drug-likeness (QED) is 0.589. The highest BCUT2D eigenvalue weighted by Crippen LogP contribution is 2.41. The number of rotatable bonds is 5. The molecule has 0 aliphatic heterocycles. The molecule has 2 atom stereocenters. The molecule has 98 valence electrons. The van der Waals surface area contributed by atoms with E-state index < -0.39 is 0 Å². The van der Waals surface area contributed by atoms with Crippen LogP contribution in [0.2, 0.25) is 0 Å². The Morgan fingerprint density at radius 1 is 0.944 bits per heavy atom. The molecule has 18 heavy (non-hydrogen) atoms. The highest BCUT2D eigenvalue weighted by atomic mass is 14.3. The van der Waals surface area contributed by atoms with Crippen LogP contribution in [-0.4, -0.2) is 0 Å². The highest BCUT2D eigenvalue weighted by Gasteiger charge is 2.27. The van der Waals surface area contributed by atoms with E-state index in [9.17, 15) is 0 Å². The van der Waals surface area contributed by atoms with Gasteiger partial charge in [-0.3, -0.25) is 0 Å². The maximum Gasteiger partial charge on any atom is 0.0205 e. The van der Waals surface area contributed by atoms with Crippen LogP contribution in [0.5, 0.6) is 0 Å². The van der Waals surface area contributed by atoms with Gasteiger partial charge in [-0.25, -0.2) is 0 Å². The van der Waals surface area contributed by atoms with E-state index in [-0.39, 0.29) is 0 Å². The minimum absolute atomic E-state index is 0.593. The lowest BCUT2D eigenvalue weighted by molar-refractivity contribution is 0.614. The van der Waals surface area contributed by atoms with Gasteiger partial charge in [0, 0.05) is 5.92 Å². The summed E-state index contributed by atoms with van der Waals surface area (Å²) in [4.78, 5) is 0. The Morgan fingerprint density at radius 2 is 1.67 bits per heavy atom. The molecular formula is C18H26. The Morgan fingerprint density at radius 3 is 2.33 bits per heavy atom. The fraction of sp³-hybridized carbons (Fsp3) is 0.556. The summed E-state index contributed by atoms with van der Waals surface area (Å²) < 4.78 is 0. The van der Waals surface area contributed by atoms with Crippen molar-refractivity contribution >= 4 is 0 Å². The maximum atomic E-state index is 2.46. The van der Waals surface area contributed by atoms with Crippen LogP contribution >= 0.6 is 0 Å². The SMILES string of the molecule is CCCC1=CC(C)=CC1C1=CC(C)=CC1CCC. The Hall–Kier alpha value is -1.04. The van der Waals surface area contributed by atoms with E-state index in [0.29, 0.717) is 11.8 Å². The summed E-state index contributed by atoms with van der Waals surface area (Å²) in [5, 5.41) is 0. The van der Waals surface area contributed by atoms with Gasteiger partial charge < -0.3 is 0 Å². The minimum Gasteiger partial charge on any atom is -0.0744 e. The molecule has 0 heteroatoms. The van der Waals surface area contributed by atoms with Crippen LogP contribution < -0.4 is 0 Å². The molecule has 2 aliphatic rings. The largest absolute Gasteiger partial charge is 0.0744 e. The molecule has 0 fully saturated rings. The number of allylic oxidation sites excluding steroid dienone is 8. The van der Waals surface area contributed by atoms with Crippen molar-refractivity contribution in [3.63, 3.8) is 0 Å². The highest BCUT2D eigenvalue weighted by molar-refractivity contribution is 5.47. The van der Waals surface area contributed by atoms with Crippen molar-refractivity contribution in [3.8, 4) is 0 Å². The van der Waals surface area contributed by atoms with Gasteiger partial charge in [-0.05, 0) is 32.6 Å². The van der Waals surface area contributed by atoms with Crippen molar-refractivity contribution in [2.75, 3.05) is 0 Å². The number of hydrogen-bond acceptors (Lipinski definition) is 0. The van der Waals surface area contributed by atoms with Gasteiger partial charge in [0.2, 0.25) is 0 Å². The van der Waals surface area contributed by atoms with Gasteiger partial charge in [0.1, 0.15) is 0 Å². The molecule has 0 aromatic rings. The van der Waals surface area contributed by atoms with E-state index in [1.165, 1.54) is 36.8 Å². The van der Waals surface area contributed by atoms with Crippen LogP contribution in [0.1, 0.15) is 53.4 Å². The minimum atomic E-state index is 0.593. The average Bonchev–Trinajstić information content (AvgIpc) is 2.83. The van der Waals surface area contributed by atoms with Gasteiger partial charge in [0.25, 0.3) is 0 Å². The predicted molar refractivity (Wildman–Crippen MR) is 80.5 cm³/mol. The van der Waals surface area contributed by atoms with Crippen LogP contribution in [0.3, 0.4) is 0 Å². The van der Waals surface area contributed by atoms with Crippen LogP contribution in [0.15, 0.2) is 46.6 Å². The molecule has 0 spiro atoms. The van der Waals surface area contributed by atoms with Gasteiger partial charge in [0.15, 0.2) is 0 Å². The molecule has 2 unspecified atom stereocenters. The molecule has 2 aliphatic carbocycles. The van der Waals surface area contributed by atoms with Gasteiger partial charge >= 0.3 is 0 Å². The molecule has 0 saturated carbocycles. The summed E-state index contributed by atoms with van der Waals surface area (Å²) >= 11 is 0. The van der Waals surface area contributed by atoms with Crippen LogP contribution in [0.4, 0.5) is 0 Å². The third kappa shape index (κ3) is 2.68. The molecule has 0 aromatic carbocycles. The van der Waals surface area contributed by atoms with Gasteiger partial charge in [-0.1, -0.05) is 73.3 Å². The smallest absolute Gasteiger partial charge is 0.0205 e. The maximum absolute atomic E-state index is 2.46. The molecule has 0 nitrogen and oxygen atoms in total. The summed E-state index contributed by atoms with van der Waals surface area (Å²) in [6.07, 6.45) is 14.8. The van der Waals surface area contributed by atoms with Gasteiger partial charge in [0.05, 0.1) is 0 Å². The molecular weight excluding hydrogens is 216 g/mol. The van der Waals surface area contributed by atoms with E-state index in [1.54, 1.807) is 11.1 Å². The summed E-state index contributed by atoms with van der Waals surface area (Å²) in [5.41, 5.74) is 6.18. The summed E-state index contributed by atoms with van der Waals surface area (Å²) in [5.74, 6) is 1.28. The van der Waals surface area contributed by atoms with Gasteiger partial charge in [-0.2, -0.15) is 0 Å². The second-order valence-electron chi connectivity index (χ2n) is 5.81. The summed E-state index contributed by atoms with van der Waals surface area (Å²) in [7, 11) is 0. The molecule has 0 bridgehead atoms. The van der Waals surface area contributed by atoms with Crippen LogP contribution in [0, 0.1) is 11.8 Å². The van der Waals surface area contributed by atoms with E-state index in [0.717, 1.165) is 0 Å². The normalized spacial score (nSPS) is 26.9. The lowest BCUT2D eigenvalue weighted by Gasteiger charge is -2.21. The number of hydrogen-bond donors (Lipinski definition) is 0. The van der Waals surface area contributed by atoms with E-state index in [4.69, 9.17) is 0 Å². The lowest BCUT2D eigenvalue weighted by Crippen LogP contribution is -2.09. The van der Waals surface area contributed by atoms with Crippen molar-refractivity contribution in [1.82, 2.24) is 0 Å². The molecule has 0 radical (unpaired) electrons. The van der Waals surface area contributed by atoms with E-state index >= 15 is 0 Å². The average molecular weight is 242 g/mol. The first kappa shape index (κ1) is 13.4. The molecule has 0 aromatic heterocycles. The van der Waals surface area contributed by atoms with Crippen molar-refractivity contribution in [1.29, 1.82) is 0 Å². The summed E-state index contributed by atoms with van der Waals surface area (Å²) in [6.45, 7) is 9.05. The van der Waals surface area contributed by atoms with Crippen molar-refractivity contribution < 1.29 is 0 Å². The van der Waals surface area contributed by atoms with Crippen molar-refractivity contribution in [2.45, 2.75) is 53.4 Å². The second-order valence-corrected chi connectivity index (χ2v) is 5.81. The topological polar surface area (TPSA) is 0 Å². The molecule has 0 heterocycles. The summed E-state index contributed by atoms with van der Waals surface area (Å²) in [6, 6.07) is 0. The molecule has 0 saturated heterocycles. The first-order chi connectivity index (χ1) is 8.65. The monoisotopic (exact) mass is 242 g/mol. The Labute approximate surface area is 112 Å². The third-order valence-electron chi connectivity index (χ3n) is 4.03. The second kappa shape index (κ2) is 5.73. The molecule has 0 amide bonds. The van der Waals surface area contributed by atoms with Crippen LogP contribution in [0.25, 0.3) is 0 Å². The van der Waals surface area contributed by atoms with E-state index in [1.807, 2.05) is 0 Å². The predicted octanol–water partition coefficient (Wildman–Crippen LogP) is 5.59. The fourth-order valence-electron chi connectivity index (χ4n) is 3.34. The van der Waals surface area contributed by atoms with Crippen molar-refractivity contribution in [2.24, 2.45) is 11.8 Å². The molecule has 2 rings (SSSR count). The molecule has 0 N–H and O–H groups in total. The third-order valence-corrected chi connectivity index (χ3v) is 4.03. The van der Waals surface area contributed by atoms with Crippen LogP contribution in [-0.2, 0) is 0 Å². The van der Waals surface area contributed by atoms with Gasteiger partial charge in [-0.15, -0.1) is 0 Å². The standard InChI is InChI=1S/C18H26/c1-5-7-15-9-13(3)11-17(15)18-12-14(4)10-16(18)8-6-2/h9-12,15,18H,5-8H2,1-4H3.